The van der Waals surface area contributed by atoms with Crippen LogP contribution in [0.25, 0.3) is 34.3 Å². The lowest BCUT2D eigenvalue weighted by Gasteiger charge is -2.26. The Kier molecular flexibility index (Phi) is 9.27. The molecule has 1 atom stereocenters. The van der Waals surface area contributed by atoms with E-state index in [1.807, 2.05) is 78.9 Å². The number of halogens is 1. The number of ether oxygens (including phenoxy) is 2. The molecule has 0 spiro atoms. The number of carbonyl (C=O) groups is 1. The Morgan fingerprint density at radius 2 is 1.54 bits per heavy atom. The molecule has 9 heteroatoms. The monoisotopic (exact) mass is 743 g/mol. The minimum absolute atomic E-state index is 0.268. The summed E-state index contributed by atoms with van der Waals surface area (Å²) in [6, 6.07) is 37.5. The Balaban J connectivity index is 1.52. The molecule has 0 amide bonds. The van der Waals surface area contributed by atoms with Crippen LogP contribution in [0.1, 0.15) is 37.9 Å². The van der Waals surface area contributed by atoms with Crippen LogP contribution < -0.4 is 19.6 Å². The van der Waals surface area contributed by atoms with Crippen molar-refractivity contribution >= 4 is 39.3 Å². The number of para-hydroxylation sites is 1. The molecule has 6 aromatic rings. The molecule has 50 heavy (non-hydrogen) atoms. The number of rotatable bonds is 8. The minimum atomic E-state index is -0.825. The highest BCUT2D eigenvalue weighted by Gasteiger charge is 2.35. The molecule has 250 valence electrons. The van der Waals surface area contributed by atoms with Crippen LogP contribution in [-0.2, 0) is 9.53 Å². The molecule has 0 N–H and O–H groups in total. The summed E-state index contributed by atoms with van der Waals surface area (Å²) in [5.41, 5.74) is 7.01. The molecule has 0 fully saturated rings. The van der Waals surface area contributed by atoms with Gasteiger partial charge in [-0.15, -0.1) is 0 Å². The van der Waals surface area contributed by atoms with E-state index in [9.17, 15) is 9.59 Å². The number of allylic oxidation sites excluding steroid dienone is 1. The van der Waals surface area contributed by atoms with Crippen molar-refractivity contribution in [1.29, 1.82) is 0 Å². The van der Waals surface area contributed by atoms with Crippen molar-refractivity contribution in [2.24, 2.45) is 4.99 Å². The van der Waals surface area contributed by atoms with E-state index in [0.29, 0.717) is 31.9 Å². The molecule has 0 aliphatic carbocycles. The SMILES string of the molecule is COc1ccc(Br)cc1[C@H]1C(C(=O)OC(C)C)=C(C)N=c2s/c(=C\c3cc(-c4ccccc4)n(-c4ccccc4)c3-c3ccccc3)c(=O)n21. The van der Waals surface area contributed by atoms with Crippen LogP contribution >= 0.6 is 27.3 Å². The van der Waals surface area contributed by atoms with Gasteiger partial charge in [-0.1, -0.05) is 106 Å². The Morgan fingerprint density at radius 1 is 0.900 bits per heavy atom. The van der Waals surface area contributed by atoms with Crippen LogP contribution in [0, 0.1) is 0 Å². The van der Waals surface area contributed by atoms with Crippen molar-refractivity contribution in [3.8, 4) is 34.0 Å². The maximum atomic E-state index is 14.7. The van der Waals surface area contributed by atoms with Gasteiger partial charge in [0.15, 0.2) is 4.80 Å². The number of aromatic nitrogens is 2. The fraction of sp³-hybridized carbons (Fsp3) is 0.146. The number of hydrogen-bond donors (Lipinski definition) is 0. The second-order valence-corrected chi connectivity index (χ2v) is 14.1. The summed E-state index contributed by atoms with van der Waals surface area (Å²) < 4.78 is 16.6. The first-order chi connectivity index (χ1) is 24.2. The second kappa shape index (κ2) is 13.9. The third kappa shape index (κ3) is 6.19. The van der Waals surface area contributed by atoms with Gasteiger partial charge in [0, 0.05) is 21.3 Å². The molecule has 7 rings (SSSR count). The highest BCUT2D eigenvalue weighted by atomic mass is 79.9. The lowest BCUT2D eigenvalue weighted by molar-refractivity contribution is -0.143. The maximum absolute atomic E-state index is 14.7. The van der Waals surface area contributed by atoms with Crippen LogP contribution in [0.15, 0.2) is 141 Å². The summed E-state index contributed by atoms with van der Waals surface area (Å²) >= 11 is 4.88. The molecule has 1 aliphatic rings. The molecule has 7 nitrogen and oxygen atoms in total. The molecule has 0 bridgehead atoms. The first-order valence-corrected chi connectivity index (χ1v) is 17.8. The number of nitrogens with zero attached hydrogens (tertiary/aromatic N) is 3. The van der Waals surface area contributed by atoms with E-state index in [4.69, 9.17) is 14.5 Å². The number of thiazole rings is 1. The highest BCUT2D eigenvalue weighted by molar-refractivity contribution is 9.10. The molecule has 0 saturated heterocycles. The van der Waals surface area contributed by atoms with Crippen molar-refractivity contribution in [3.63, 3.8) is 0 Å². The van der Waals surface area contributed by atoms with Crippen molar-refractivity contribution in [1.82, 2.24) is 9.13 Å². The van der Waals surface area contributed by atoms with Gasteiger partial charge in [0.25, 0.3) is 5.56 Å². The zero-order chi connectivity index (χ0) is 34.9. The van der Waals surface area contributed by atoms with Crippen LogP contribution in [0.4, 0.5) is 0 Å². The normalized spacial score (nSPS) is 14.4. The number of benzene rings is 4. The van der Waals surface area contributed by atoms with Gasteiger partial charge in [-0.2, -0.15) is 0 Å². The maximum Gasteiger partial charge on any atom is 0.338 e. The average molecular weight is 745 g/mol. The van der Waals surface area contributed by atoms with E-state index in [2.05, 4.69) is 63.0 Å². The van der Waals surface area contributed by atoms with Gasteiger partial charge in [0.1, 0.15) is 11.8 Å². The Labute approximate surface area is 302 Å². The third-order valence-corrected chi connectivity index (χ3v) is 9.99. The van der Waals surface area contributed by atoms with E-state index in [0.717, 1.165) is 38.2 Å². The van der Waals surface area contributed by atoms with E-state index < -0.39 is 12.0 Å². The van der Waals surface area contributed by atoms with Crippen LogP contribution in [0.2, 0.25) is 0 Å². The molecule has 3 heterocycles. The first-order valence-electron chi connectivity index (χ1n) is 16.2. The highest BCUT2D eigenvalue weighted by Crippen LogP contribution is 2.39. The van der Waals surface area contributed by atoms with Crippen molar-refractivity contribution < 1.29 is 14.3 Å². The molecule has 2 aromatic heterocycles. The lowest BCUT2D eigenvalue weighted by Crippen LogP contribution is -2.40. The number of carbonyl (C=O) groups excluding carboxylic acids is 1. The summed E-state index contributed by atoms with van der Waals surface area (Å²) in [6.45, 7) is 5.38. The van der Waals surface area contributed by atoms with Gasteiger partial charge in [-0.05, 0) is 74.4 Å². The van der Waals surface area contributed by atoms with E-state index >= 15 is 0 Å². The fourth-order valence-electron chi connectivity index (χ4n) is 6.41. The average Bonchev–Trinajstić information content (AvgIpc) is 3.65. The molecular weight excluding hydrogens is 710 g/mol. The molecule has 0 saturated carbocycles. The van der Waals surface area contributed by atoms with Crippen LogP contribution in [0.3, 0.4) is 0 Å². The quantitative estimate of drug-likeness (QED) is 0.148. The van der Waals surface area contributed by atoms with Crippen molar-refractivity contribution in [2.45, 2.75) is 32.9 Å². The summed E-state index contributed by atoms with van der Waals surface area (Å²) in [5, 5.41) is 0. The molecule has 1 aliphatic heterocycles. The van der Waals surface area contributed by atoms with Gasteiger partial charge in [-0.25, -0.2) is 9.79 Å². The Hall–Kier alpha value is -5.25. The minimum Gasteiger partial charge on any atom is -0.496 e. The lowest BCUT2D eigenvalue weighted by atomic mass is 9.95. The predicted octanol–water partition coefficient (Wildman–Crippen LogP) is 8.08. The Morgan fingerprint density at radius 3 is 2.18 bits per heavy atom. The zero-order valence-electron chi connectivity index (χ0n) is 28.0. The zero-order valence-corrected chi connectivity index (χ0v) is 30.4. The summed E-state index contributed by atoms with van der Waals surface area (Å²) in [6.07, 6.45) is 1.58. The van der Waals surface area contributed by atoms with Gasteiger partial charge >= 0.3 is 5.97 Å². The van der Waals surface area contributed by atoms with Crippen LogP contribution in [-0.4, -0.2) is 28.3 Å². The summed E-state index contributed by atoms with van der Waals surface area (Å²) in [4.78, 5) is 33.7. The summed E-state index contributed by atoms with van der Waals surface area (Å²) in [7, 11) is 1.58. The molecule has 0 unspecified atom stereocenters. The van der Waals surface area contributed by atoms with Gasteiger partial charge in [0.2, 0.25) is 0 Å². The standard InChI is InChI=1S/C41H34BrN3O4S/c1-25(2)49-40(47)36-26(3)43-41-45(38(36)32-24-30(42)20-21-34(32)48-4)39(46)35(50-41)23-29-22-33(27-14-8-5-9-15-27)44(31-18-12-7-13-19-31)37(29)28-16-10-6-11-17-28/h5-25,38H,1-4H3/b35-23-/t38-/m0/s1. The number of fused-ring (bicyclic) bond motifs is 1. The third-order valence-electron chi connectivity index (χ3n) is 8.52. The molecule has 4 aromatic carbocycles. The van der Waals surface area contributed by atoms with E-state index in [1.165, 1.54) is 11.3 Å². The van der Waals surface area contributed by atoms with Crippen molar-refractivity contribution in [3.05, 3.63) is 162 Å². The number of methoxy groups -OCH3 is 1. The number of esters is 1. The molecular formula is C41H34BrN3O4S. The Bertz CT molecular complexity index is 2430. The number of hydrogen-bond acceptors (Lipinski definition) is 6. The second-order valence-electron chi connectivity index (χ2n) is 12.2. The van der Waals surface area contributed by atoms with E-state index in [-0.39, 0.29) is 11.7 Å². The predicted molar refractivity (Wildman–Crippen MR) is 202 cm³/mol. The topological polar surface area (TPSA) is 74.8 Å². The van der Waals surface area contributed by atoms with Crippen LogP contribution in [0.5, 0.6) is 5.75 Å². The molecule has 0 radical (unpaired) electrons. The van der Waals surface area contributed by atoms with Gasteiger partial charge in [0.05, 0.1) is 40.4 Å². The smallest absolute Gasteiger partial charge is 0.338 e. The fourth-order valence-corrected chi connectivity index (χ4v) is 7.83. The van der Waals surface area contributed by atoms with E-state index in [1.54, 1.807) is 32.4 Å². The first kappa shape index (κ1) is 33.3. The van der Waals surface area contributed by atoms with Gasteiger partial charge < -0.3 is 14.0 Å². The van der Waals surface area contributed by atoms with Crippen molar-refractivity contribution in [2.75, 3.05) is 7.11 Å². The van der Waals surface area contributed by atoms with Gasteiger partial charge in [-0.3, -0.25) is 9.36 Å². The summed E-state index contributed by atoms with van der Waals surface area (Å²) in [5.74, 6) is 0.0116. The largest absolute Gasteiger partial charge is 0.496 e.